The number of hydrogen-bond donors (Lipinski definition) is 1. The molecule has 1 saturated heterocycles. The first kappa shape index (κ1) is 17.3. The molecule has 1 unspecified atom stereocenters. The molecule has 1 fully saturated rings. The van der Waals surface area contributed by atoms with E-state index in [1.165, 1.54) is 0 Å². The molecule has 6 heteroatoms. The summed E-state index contributed by atoms with van der Waals surface area (Å²) in [5.74, 6) is -0.191. The molecular formula is C17H23NO5. The molecule has 0 saturated carbocycles. The minimum absolute atomic E-state index is 0.0228. The maximum atomic E-state index is 12.4. The van der Waals surface area contributed by atoms with E-state index in [-0.39, 0.29) is 24.9 Å². The Hall–Kier alpha value is -2.08. The average molecular weight is 321 g/mol. The number of hydrogen-bond acceptors (Lipinski definition) is 4. The molecule has 23 heavy (non-hydrogen) atoms. The van der Waals surface area contributed by atoms with Crippen molar-refractivity contribution in [1.29, 1.82) is 0 Å². The van der Waals surface area contributed by atoms with Crippen molar-refractivity contribution in [2.45, 2.75) is 38.9 Å². The van der Waals surface area contributed by atoms with Crippen LogP contribution in [0.2, 0.25) is 0 Å². The largest absolute Gasteiger partial charge is 0.491 e. The Bertz CT molecular complexity index is 558. The standard InChI is InChI=1S/C17H23NO5/c1-12(2)23-14-5-3-4-13(8-14)9-16(19)18-6-7-22-15(11-18)10-17(20)21/h3-5,8,12,15H,6-7,9-11H2,1-2H3,(H,20,21). The van der Waals surface area contributed by atoms with Gasteiger partial charge in [-0.1, -0.05) is 12.1 Å². The Labute approximate surface area is 136 Å². The summed E-state index contributed by atoms with van der Waals surface area (Å²) in [6.45, 7) is 5.10. The van der Waals surface area contributed by atoms with Crippen LogP contribution in [0.3, 0.4) is 0 Å². The van der Waals surface area contributed by atoms with E-state index in [0.717, 1.165) is 11.3 Å². The number of amides is 1. The van der Waals surface area contributed by atoms with Gasteiger partial charge in [0, 0.05) is 13.1 Å². The van der Waals surface area contributed by atoms with Gasteiger partial charge in [-0.3, -0.25) is 9.59 Å². The Kier molecular flexibility index (Phi) is 5.98. The molecule has 1 atom stereocenters. The number of aliphatic carboxylic acids is 1. The first-order chi connectivity index (χ1) is 10.9. The molecule has 0 bridgehead atoms. The Morgan fingerprint density at radius 2 is 2.22 bits per heavy atom. The van der Waals surface area contributed by atoms with E-state index in [1.807, 2.05) is 38.1 Å². The van der Waals surface area contributed by atoms with Crippen LogP contribution in [-0.4, -0.2) is 53.8 Å². The van der Waals surface area contributed by atoms with Gasteiger partial charge < -0.3 is 19.5 Å². The van der Waals surface area contributed by atoms with Gasteiger partial charge in [0.2, 0.25) is 5.91 Å². The van der Waals surface area contributed by atoms with Crippen LogP contribution < -0.4 is 4.74 Å². The third-order valence-electron chi connectivity index (χ3n) is 3.52. The average Bonchev–Trinajstić information content (AvgIpc) is 2.46. The number of benzene rings is 1. The maximum absolute atomic E-state index is 12.4. The van der Waals surface area contributed by atoms with Crippen LogP contribution in [0.25, 0.3) is 0 Å². The maximum Gasteiger partial charge on any atom is 0.306 e. The summed E-state index contributed by atoms with van der Waals surface area (Å²) in [6, 6.07) is 7.49. The van der Waals surface area contributed by atoms with Crippen LogP contribution in [0.15, 0.2) is 24.3 Å². The number of carboxylic acid groups (broad SMARTS) is 1. The van der Waals surface area contributed by atoms with E-state index in [9.17, 15) is 9.59 Å². The fourth-order valence-corrected chi connectivity index (χ4v) is 2.55. The second-order valence-electron chi connectivity index (χ2n) is 5.92. The second-order valence-corrected chi connectivity index (χ2v) is 5.92. The molecule has 1 heterocycles. The zero-order valence-electron chi connectivity index (χ0n) is 13.5. The lowest BCUT2D eigenvalue weighted by molar-refractivity contribution is -0.147. The van der Waals surface area contributed by atoms with Crippen molar-refractivity contribution in [3.8, 4) is 5.75 Å². The lowest BCUT2D eigenvalue weighted by Gasteiger charge is -2.32. The monoisotopic (exact) mass is 321 g/mol. The zero-order valence-corrected chi connectivity index (χ0v) is 13.5. The number of nitrogens with zero attached hydrogens (tertiary/aromatic N) is 1. The minimum Gasteiger partial charge on any atom is -0.491 e. The molecule has 1 amide bonds. The summed E-state index contributed by atoms with van der Waals surface area (Å²) < 4.78 is 11.0. The van der Waals surface area contributed by atoms with Gasteiger partial charge in [-0.15, -0.1) is 0 Å². The van der Waals surface area contributed by atoms with E-state index in [4.69, 9.17) is 14.6 Å². The molecule has 0 radical (unpaired) electrons. The highest BCUT2D eigenvalue weighted by molar-refractivity contribution is 5.79. The topological polar surface area (TPSA) is 76.1 Å². The molecule has 1 N–H and O–H groups in total. The number of carbonyl (C=O) groups excluding carboxylic acids is 1. The van der Waals surface area contributed by atoms with E-state index in [1.54, 1.807) is 4.90 Å². The summed E-state index contributed by atoms with van der Waals surface area (Å²) in [5, 5.41) is 8.83. The predicted octanol–water partition coefficient (Wildman–Crippen LogP) is 1.72. The molecule has 1 aromatic rings. The van der Waals surface area contributed by atoms with Crippen molar-refractivity contribution in [3.05, 3.63) is 29.8 Å². The SMILES string of the molecule is CC(C)Oc1cccc(CC(=O)N2CCOC(CC(=O)O)C2)c1. The van der Waals surface area contributed by atoms with Crippen LogP contribution >= 0.6 is 0 Å². The van der Waals surface area contributed by atoms with Crippen molar-refractivity contribution in [2.75, 3.05) is 19.7 Å². The molecule has 1 aliphatic rings. The summed E-state index contributed by atoms with van der Waals surface area (Å²) in [6.07, 6.45) is -0.158. The normalized spacial score (nSPS) is 18.0. The van der Waals surface area contributed by atoms with Gasteiger partial charge in [-0.2, -0.15) is 0 Å². The van der Waals surface area contributed by atoms with Crippen LogP contribution in [0.4, 0.5) is 0 Å². The molecule has 2 rings (SSSR count). The quantitative estimate of drug-likeness (QED) is 0.863. The van der Waals surface area contributed by atoms with E-state index >= 15 is 0 Å². The molecule has 1 aliphatic heterocycles. The Balaban J connectivity index is 1.94. The number of carboxylic acids is 1. The lowest BCUT2D eigenvalue weighted by Crippen LogP contribution is -2.46. The van der Waals surface area contributed by atoms with Gasteiger partial charge >= 0.3 is 5.97 Å². The third-order valence-corrected chi connectivity index (χ3v) is 3.52. The van der Waals surface area contributed by atoms with Crippen molar-refractivity contribution >= 4 is 11.9 Å². The van der Waals surface area contributed by atoms with Gasteiger partial charge in [0.25, 0.3) is 0 Å². The highest BCUT2D eigenvalue weighted by atomic mass is 16.5. The van der Waals surface area contributed by atoms with Gasteiger partial charge in [-0.25, -0.2) is 0 Å². The lowest BCUT2D eigenvalue weighted by atomic mass is 10.1. The predicted molar refractivity (Wildman–Crippen MR) is 84.5 cm³/mol. The van der Waals surface area contributed by atoms with Crippen LogP contribution in [0, 0.1) is 0 Å². The van der Waals surface area contributed by atoms with E-state index < -0.39 is 12.1 Å². The fourth-order valence-electron chi connectivity index (χ4n) is 2.55. The zero-order chi connectivity index (χ0) is 16.8. The number of ether oxygens (including phenoxy) is 2. The van der Waals surface area contributed by atoms with Crippen molar-refractivity contribution in [2.24, 2.45) is 0 Å². The summed E-state index contributed by atoms with van der Waals surface area (Å²) in [7, 11) is 0. The summed E-state index contributed by atoms with van der Waals surface area (Å²) in [4.78, 5) is 24.9. The van der Waals surface area contributed by atoms with Crippen molar-refractivity contribution in [1.82, 2.24) is 4.90 Å². The Morgan fingerprint density at radius 3 is 2.91 bits per heavy atom. The highest BCUT2D eigenvalue weighted by Gasteiger charge is 2.25. The third kappa shape index (κ3) is 5.56. The molecular weight excluding hydrogens is 298 g/mol. The smallest absolute Gasteiger partial charge is 0.306 e. The van der Waals surface area contributed by atoms with Crippen molar-refractivity contribution < 1.29 is 24.2 Å². The van der Waals surface area contributed by atoms with Crippen LogP contribution in [-0.2, 0) is 20.7 Å². The minimum atomic E-state index is -0.914. The molecule has 126 valence electrons. The highest BCUT2D eigenvalue weighted by Crippen LogP contribution is 2.17. The molecule has 0 spiro atoms. The first-order valence-electron chi connectivity index (χ1n) is 7.81. The molecule has 0 aromatic heterocycles. The number of rotatable bonds is 6. The van der Waals surface area contributed by atoms with Gasteiger partial charge in [0.1, 0.15) is 5.75 Å². The number of carbonyl (C=O) groups is 2. The van der Waals surface area contributed by atoms with Crippen LogP contribution in [0.5, 0.6) is 5.75 Å². The van der Waals surface area contributed by atoms with Gasteiger partial charge in [-0.05, 0) is 31.5 Å². The van der Waals surface area contributed by atoms with Crippen molar-refractivity contribution in [3.63, 3.8) is 0 Å². The number of morpholine rings is 1. The van der Waals surface area contributed by atoms with Gasteiger partial charge in [0.15, 0.2) is 0 Å². The Morgan fingerprint density at radius 1 is 1.43 bits per heavy atom. The van der Waals surface area contributed by atoms with E-state index in [0.29, 0.717) is 19.7 Å². The molecule has 0 aliphatic carbocycles. The summed E-state index contributed by atoms with van der Waals surface area (Å²) >= 11 is 0. The second kappa shape index (κ2) is 7.97. The van der Waals surface area contributed by atoms with E-state index in [2.05, 4.69) is 0 Å². The fraction of sp³-hybridized carbons (Fsp3) is 0.529. The summed E-state index contributed by atoms with van der Waals surface area (Å²) in [5.41, 5.74) is 0.884. The molecule has 1 aromatic carbocycles. The van der Waals surface area contributed by atoms with Gasteiger partial charge in [0.05, 0.1) is 31.7 Å². The molecule has 6 nitrogen and oxygen atoms in total. The first-order valence-corrected chi connectivity index (χ1v) is 7.81. The van der Waals surface area contributed by atoms with Crippen LogP contribution in [0.1, 0.15) is 25.8 Å².